The Hall–Kier alpha value is -1.11. The van der Waals surface area contributed by atoms with Gasteiger partial charge in [0.15, 0.2) is 0 Å². The number of unbranched alkanes of at least 4 members (excludes halogenated alkanes) is 3. The number of benzene rings is 1. The number of hydrogen-bond donors (Lipinski definition) is 0. The van der Waals surface area contributed by atoms with E-state index in [2.05, 4.69) is 31.2 Å². The van der Waals surface area contributed by atoms with Gasteiger partial charge in [-0.25, -0.2) is 4.39 Å². The summed E-state index contributed by atoms with van der Waals surface area (Å²) in [6.07, 6.45) is 16.6. The van der Waals surface area contributed by atoms with Gasteiger partial charge in [0.1, 0.15) is 0 Å². The van der Waals surface area contributed by atoms with Crippen molar-refractivity contribution < 1.29 is 4.39 Å². The Kier molecular flexibility index (Phi) is 8.42. The summed E-state index contributed by atoms with van der Waals surface area (Å²) < 4.78 is 12.0. The van der Waals surface area contributed by atoms with Crippen LogP contribution in [0.25, 0.3) is 0 Å². The zero-order valence-electron chi connectivity index (χ0n) is 14.8. The van der Waals surface area contributed by atoms with E-state index in [1.165, 1.54) is 68.9 Å². The molecule has 0 N–H and O–H groups in total. The molecular weight excluding hydrogens is 283 g/mol. The lowest BCUT2D eigenvalue weighted by Gasteiger charge is -2.29. The maximum Gasteiger partial charge on any atom is 0.0827 e. The topological polar surface area (TPSA) is 0 Å². The fourth-order valence-corrected chi connectivity index (χ4v) is 3.91. The Balaban J connectivity index is 1.72. The van der Waals surface area contributed by atoms with Crippen molar-refractivity contribution in [1.82, 2.24) is 0 Å². The first-order valence-corrected chi connectivity index (χ1v) is 9.67. The van der Waals surface area contributed by atoms with Gasteiger partial charge in [-0.3, -0.25) is 0 Å². The molecule has 1 fully saturated rings. The van der Waals surface area contributed by atoms with Crippen LogP contribution in [0.3, 0.4) is 0 Å². The Morgan fingerprint density at radius 2 is 1.74 bits per heavy atom. The van der Waals surface area contributed by atoms with E-state index in [9.17, 15) is 4.39 Å². The van der Waals surface area contributed by atoms with Crippen molar-refractivity contribution in [2.45, 2.75) is 83.5 Å². The SMILES string of the molecule is CCCCCC[C@H]1CC[C@H](c2ccc(CC/C=C/F)cc2)CC1. The minimum absolute atomic E-state index is 0.648. The molecule has 1 aliphatic carbocycles. The van der Waals surface area contributed by atoms with Gasteiger partial charge in [0.2, 0.25) is 0 Å². The van der Waals surface area contributed by atoms with E-state index >= 15 is 0 Å². The monoisotopic (exact) mass is 316 g/mol. The summed E-state index contributed by atoms with van der Waals surface area (Å²) in [5.41, 5.74) is 2.83. The number of allylic oxidation sites excluding steroid dienone is 1. The van der Waals surface area contributed by atoms with Crippen molar-refractivity contribution in [3.8, 4) is 0 Å². The van der Waals surface area contributed by atoms with E-state index in [1.54, 1.807) is 6.08 Å². The predicted molar refractivity (Wildman–Crippen MR) is 98.5 cm³/mol. The molecule has 0 heterocycles. The smallest absolute Gasteiger partial charge is 0.0827 e. The largest absolute Gasteiger partial charge is 0.216 e. The average molecular weight is 317 g/mol. The van der Waals surface area contributed by atoms with E-state index in [4.69, 9.17) is 0 Å². The average Bonchev–Trinajstić information content (AvgIpc) is 2.60. The normalized spacial score (nSPS) is 21.8. The number of aryl methyl sites for hydroxylation is 1. The van der Waals surface area contributed by atoms with Gasteiger partial charge >= 0.3 is 0 Å². The van der Waals surface area contributed by atoms with Crippen LogP contribution in [-0.2, 0) is 6.42 Å². The third kappa shape index (κ3) is 6.49. The third-order valence-electron chi connectivity index (χ3n) is 5.45. The first-order valence-electron chi connectivity index (χ1n) is 9.67. The summed E-state index contributed by atoms with van der Waals surface area (Å²) in [5.74, 6) is 1.75. The van der Waals surface area contributed by atoms with Crippen LogP contribution in [0.15, 0.2) is 36.7 Å². The van der Waals surface area contributed by atoms with Crippen LogP contribution in [0.2, 0.25) is 0 Å². The quantitative estimate of drug-likeness (QED) is 0.418. The van der Waals surface area contributed by atoms with Gasteiger partial charge < -0.3 is 0 Å². The second-order valence-corrected chi connectivity index (χ2v) is 7.21. The molecule has 0 unspecified atom stereocenters. The van der Waals surface area contributed by atoms with E-state index in [0.717, 1.165) is 24.7 Å². The molecule has 0 aromatic heterocycles. The molecular formula is C22H33F. The summed E-state index contributed by atoms with van der Waals surface area (Å²) in [7, 11) is 0. The standard InChI is InChI=1S/C22H33F/c1-2-3-4-5-8-19-10-14-21(15-11-19)22-16-12-20(13-17-22)9-6-7-18-23/h7,12-13,16-19,21H,2-6,8-11,14-15H2,1H3/b18-7+/t19-,21-. The molecule has 1 aliphatic rings. The van der Waals surface area contributed by atoms with Crippen molar-refractivity contribution in [2.24, 2.45) is 5.92 Å². The number of hydrogen-bond acceptors (Lipinski definition) is 0. The van der Waals surface area contributed by atoms with Gasteiger partial charge in [0.05, 0.1) is 6.33 Å². The molecule has 0 aliphatic heterocycles. The lowest BCUT2D eigenvalue weighted by Crippen LogP contribution is -2.13. The van der Waals surface area contributed by atoms with Gasteiger partial charge in [0, 0.05) is 0 Å². The Morgan fingerprint density at radius 3 is 2.39 bits per heavy atom. The second-order valence-electron chi connectivity index (χ2n) is 7.21. The van der Waals surface area contributed by atoms with Crippen molar-refractivity contribution in [3.05, 3.63) is 47.8 Å². The Labute approximate surface area is 142 Å². The molecule has 0 bridgehead atoms. The van der Waals surface area contributed by atoms with Crippen LogP contribution < -0.4 is 0 Å². The summed E-state index contributed by atoms with van der Waals surface area (Å²) >= 11 is 0. The van der Waals surface area contributed by atoms with Crippen molar-refractivity contribution in [1.29, 1.82) is 0 Å². The number of rotatable bonds is 9. The van der Waals surface area contributed by atoms with Gasteiger partial charge in [0.25, 0.3) is 0 Å². The predicted octanol–water partition coefficient (Wildman–Crippen LogP) is 7.35. The molecule has 0 amide bonds. The van der Waals surface area contributed by atoms with Crippen molar-refractivity contribution in [3.63, 3.8) is 0 Å². The molecule has 1 aromatic rings. The van der Waals surface area contributed by atoms with E-state index in [0.29, 0.717) is 6.33 Å². The van der Waals surface area contributed by atoms with Crippen molar-refractivity contribution >= 4 is 0 Å². The minimum atomic E-state index is 0.648. The molecule has 0 atom stereocenters. The van der Waals surface area contributed by atoms with Crippen LogP contribution in [-0.4, -0.2) is 0 Å². The maximum absolute atomic E-state index is 12.0. The summed E-state index contributed by atoms with van der Waals surface area (Å²) in [6, 6.07) is 9.08. The fourth-order valence-electron chi connectivity index (χ4n) is 3.91. The molecule has 1 heteroatoms. The molecule has 128 valence electrons. The van der Waals surface area contributed by atoms with Gasteiger partial charge in [-0.15, -0.1) is 0 Å². The van der Waals surface area contributed by atoms with E-state index < -0.39 is 0 Å². The van der Waals surface area contributed by atoms with Crippen LogP contribution in [0.4, 0.5) is 4.39 Å². The molecule has 1 saturated carbocycles. The summed E-state index contributed by atoms with van der Waals surface area (Å²) in [5, 5.41) is 0. The summed E-state index contributed by atoms with van der Waals surface area (Å²) in [6.45, 7) is 2.29. The molecule has 0 radical (unpaired) electrons. The van der Waals surface area contributed by atoms with Gasteiger partial charge in [-0.1, -0.05) is 69.4 Å². The highest BCUT2D eigenvalue weighted by molar-refractivity contribution is 5.26. The third-order valence-corrected chi connectivity index (χ3v) is 5.45. The molecule has 0 spiro atoms. The minimum Gasteiger partial charge on any atom is -0.216 e. The number of halogens is 1. The van der Waals surface area contributed by atoms with Crippen LogP contribution in [0.1, 0.15) is 88.2 Å². The fraction of sp³-hybridized carbons (Fsp3) is 0.636. The zero-order chi connectivity index (χ0) is 16.3. The van der Waals surface area contributed by atoms with Crippen LogP contribution >= 0.6 is 0 Å². The lowest BCUT2D eigenvalue weighted by molar-refractivity contribution is 0.302. The van der Waals surface area contributed by atoms with Crippen LogP contribution in [0.5, 0.6) is 0 Å². The highest BCUT2D eigenvalue weighted by atomic mass is 19.1. The first-order chi connectivity index (χ1) is 11.3. The maximum atomic E-state index is 12.0. The lowest BCUT2D eigenvalue weighted by atomic mass is 9.77. The van der Waals surface area contributed by atoms with E-state index in [-0.39, 0.29) is 0 Å². The highest BCUT2D eigenvalue weighted by Gasteiger charge is 2.21. The molecule has 23 heavy (non-hydrogen) atoms. The Bertz CT molecular complexity index is 438. The van der Waals surface area contributed by atoms with Crippen LogP contribution in [0, 0.1) is 5.92 Å². The highest BCUT2D eigenvalue weighted by Crippen LogP contribution is 2.37. The molecule has 0 saturated heterocycles. The Morgan fingerprint density at radius 1 is 1.00 bits per heavy atom. The van der Waals surface area contributed by atoms with Gasteiger partial charge in [-0.05, 0) is 61.5 Å². The van der Waals surface area contributed by atoms with Gasteiger partial charge in [-0.2, -0.15) is 0 Å². The summed E-state index contributed by atoms with van der Waals surface area (Å²) in [4.78, 5) is 0. The molecule has 1 aromatic carbocycles. The second kappa shape index (κ2) is 10.6. The molecule has 2 rings (SSSR count). The first kappa shape index (κ1) is 18.2. The van der Waals surface area contributed by atoms with E-state index in [1.807, 2.05) is 0 Å². The zero-order valence-corrected chi connectivity index (χ0v) is 14.8. The molecule has 0 nitrogen and oxygen atoms in total. The van der Waals surface area contributed by atoms with Crippen molar-refractivity contribution in [2.75, 3.05) is 0 Å².